The number of nitrogens with one attached hydrogen (secondary N) is 1. The number of rotatable bonds is 6. The van der Waals surface area contributed by atoms with Gasteiger partial charge >= 0.3 is 0 Å². The van der Waals surface area contributed by atoms with Crippen molar-refractivity contribution in [2.45, 2.75) is 50.6 Å². The summed E-state index contributed by atoms with van der Waals surface area (Å²) in [7, 11) is -3.05. The first-order valence-electron chi connectivity index (χ1n) is 10.0. The van der Waals surface area contributed by atoms with Crippen LogP contribution in [0.25, 0.3) is 0 Å². The molecule has 2 fully saturated rings. The molecule has 26 heavy (non-hydrogen) atoms. The van der Waals surface area contributed by atoms with Gasteiger partial charge in [0.05, 0.1) is 6.26 Å². The minimum atomic E-state index is -3.05. The molecule has 146 valence electrons. The zero-order valence-corrected chi connectivity index (χ0v) is 16.8. The van der Waals surface area contributed by atoms with E-state index in [2.05, 4.69) is 40.5 Å². The quantitative estimate of drug-likeness (QED) is 0.825. The highest BCUT2D eigenvalue weighted by Crippen LogP contribution is 2.24. The molecule has 5 nitrogen and oxygen atoms in total. The summed E-state index contributed by atoms with van der Waals surface area (Å²) in [6, 6.07) is 11.6. The van der Waals surface area contributed by atoms with Crippen LogP contribution in [0, 0.1) is 0 Å². The second-order valence-electron chi connectivity index (χ2n) is 7.72. The van der Waals surface area contributed by atoms with E-state index in [-0.39, 0.29) is 0 Å². The molecule has 0 unspecified atom stereocenters. The third-order valence-electron chi connectivity index (χ3n) is 5.79. The van der Waals surface area contributed by atoms with Crippen molar-refractivity contribution in [2.24, 2.45) is 0 Å². The Hall–Kier alpha value is -0.950. The summed E-state index contributed by atoms with van der Waals surface area (Å²) in [5.41, 5.74) is 1.38. The first-order valence-corrected chi connectivity index (χ1v) is 11.9. The Labute approximate surface area is 158 Å². The molecule has 0 saturated carbocycles. The van der Waals surface area contributed by atoms with Crippen molar-refractivity contribution in [1.82, 2.24) is 14.5 Å². The molecule has 1 aromatic carbocycles. The van der Waals surface area contributed by atoms with Gasteiger partial charge in [-0.3, -0.25) is 4.90 Å². The molecule has 2 aliphatic heterocycles. The van der Waals surface area contributed by atoms with Crippen LogP contribution in [0.15, 0.2) is 30.3 Å². The van der Waals surface area contributed by atoms with Crippen molar-refractivity contribution in [2.75, 3.05) is 39.0 Å². The van der Waals surface area contributed by atoms with Gasteiger partial charge in [0.15, 0.2) is 0 Å². The van der Waals surface area contributed by atoms with E-state index in [1.807, 2.05) is 0 Å². The molecule has 1 aromatic rings. The topological polar surface area (TPSA) is 52.7 Å². The summed E-state index contributed by atoms with van der Waals surface area (Å²) in [6.07, 6.45) is 8.37. The second kappa shape index (κ2) is 9.31. The molecule has 3 rings (SSSR count). The van der Waals surface area contributed by atoms with Crippen molar-refractivity contribution in [1.29, 1.82) is 0 Å². The number of likely N-dealkylation sites (tertiary alicyclic amines) is 1. The maximum absolute atomic E-state index is 11.7. The Balaban J connectivity index is 1.60. The Morgan fingerprint density at radius 1 is 1.00 bits per heavy atom. The SMILES string of the molecule is CS(=O)(=O)N1CCC(NC[C@@H](c2ccccc2)N2CCCCCC2)CC1. The van der Waals surface area contributed by atoms with Gasteiger partial charge in [-0.2, -0.15) is 0 Å². The Morgan fingerprint density at radius 2 is 1.62 bits per heavy atom. The molecule has 1 atom stereocenters. The molecule has 6 heteroatoms. The summed E-state index contributed by atoms with van der Waals surface area (Å²) in [6.45, 7) is 4.56. The molecule has 0 aliphatic carbocycles. The maximum Gasteiger partial charge on any atom is 0.211 e. The lowest BCUT2D eigenvalue weighted by Gasteiger charge is -2.35. The summed E-state index contributed by atoms with van der Waals surface area (Å²) >= 11 is 0. The largest absolute Gasteiger partial charge is 0.312 e. The molecular weight excluding hydrogens is 346 g/mol. The molecule has 0 aromatic heterocycles. The van der Waals surface area contributed by atoms with Crippen LogP contribution < -0.4 is 5.32 Å². The monoisotopic (exact) mass is 379 g/mol. The van der Waals surface area contributed by atoms with Crippen molar-refractivity contribution in [3.8, 4) is 0 Å². The molecule has 2 heterocycles. The van der Waals surface area contributed by atoms with Gasteiger partial charge in [0.1, 0.15) is 0 Å². The average Bonchev–Trinajstić information content (AvgIpc) is 2.92. The molecule has 0 bridgehead atoms. The number of nitrogens with zero attached hydrogens (tertiary/aromatic N) is 2. The summed E-state index contributed by atoms with van der Waals surface area (Å²) in [5.74, 6) is 0. The van der Waals surface area contributed by atoms with Crippen LogP contribution in [0.4, 0.5) is 0 Å². The number of hydrogen-bond acceptors (Lipinski definition) is 4. The minimum absolute atomic E-state index is 0.405. The van der Waals surface area contributed by atoms with Crippen LogP contribution in [-0.4, -0.2) is 62.6 Å². The fourth-order valence-corrected chi connectivity index (χ4v) is 5.08. The molecule has 0 spiro atoms. The van der Waals surface area contributed by atoms with E-state index in [4.69, 9.17) is 0 Å². The van der Waals surface area contributed by atoms with Crippen LogP contribution in [-0.2, 0) is 10.0 Å². The minimum Gasteiger partial charge on any atom is -0.312 e. The number of piperidine rings is 1. The summed E-state index contributed by atoms with van der Waals surface area (Å²) in [4.78, 5) is 2.64. The summed E-state index contributed by atoms with van der Waals surface area (Å²) < 4.78 is 25.0. The van der Waals surface area contributed by atoms with Gasteiger partial charge < -0.3 is 5.32 Å². The smallest absolute Gasteiger partial charge is 0.211 e. The Bertz CT molecular complexity index is 634. The standard InChI is InChI=1S/C20H33N3O2S/c1-26(24,25)23-15-11-19(12-16-23)21-17-20(18-9-5-4-6-10-18)22-13-7-2-3-8-14-22/h4-6,9-10,19-21H,2-3,7-8,11-17H2,1H3/t20-/m0/s1. The fraction of sp³-hybridized carbons (Fsp3) is 0.700. The Kier molecular flexibility index (Phi) is 7.09. The molecule has 2 saturated heterocycles. The van der Waals surface area contributed by atoms with Crippen molar-refractivity contribution in [3.63, 3.8) is 0 Å². The van der Waals surface area contributed by atoms with Crippen molar-refractivity contribution >= 4 is 10.0 Å². The van der Waals surface area contributed by atoms with Gasteiger partial charge in [0.25, 0.3) is 0 Å². The highest BCUT2D eigenvalue weighted by molar-refractivity contribution is 7.88. The van der Waals surface area contributed by atoms with E-state index < -0.39 is 10.0 Å². The molecule has 1 N–H and O–H groups in total. The molecule has 0 amide bonds. The van der Waals surface area contributed by atoms with E-state index in [1.54, 1.807) is 4.31 Å². The third kappa shape index (κ3) is 5.52. The van der Waals surface area contributed by atoms with Crippen LogP contribution in [0.5, 0.6) is 0 Å². The normalized spacial score (nSPS) is 22.8. The zero-order chi connectivity index (χ0) is 18.4. The van der Waals surface area contributed by atoms with E-state index in [0.29, 0.717) is 25.2 Å². The number of benzene rings is 1. The van der Waals surface area contributed by atoms with Gasteiger partial charge in [0, 0.05) is 31.7 Å². The van der Waals surface area contributed by atoms with Gasteiger partial charge in [-0.25, -0.2) is 12.7 Å². The molecular formula is C20H33N3O2S. The number of sulfonamides is 1. The van der Waals surface area contributed by atoms with E-state index in [9.17, 15) is 8.42 Å². The van der Waals surface area contributed by atoms with Crippen LogP contribution >= 0.6 is 0 Å². The number of hydrogen-bond donors (Lipinski definition) is 1. The van der Waals surface area contributed by atoms with Crippen LogP contribution in [0.1, 0.15) is 50.1 Å². The van der Waals surface area contributed by atoms with Gasteiger partial charge in [-0.15, -0.1) is 0 Å². The van der Waals surface area contributed by atoms with E-state index >= 15 is 0 Å². The summed E-state index contributed by atoms with van der Waals surface area (Å²) in [5, 5.41) is 3.75. The van der Waals surface area contributed by atoms with Gasteiger partial charge in [0.2, 0.25) is 10.0 Å². The first kappa shape index (κ1) is 19.8. The van der Waals surface area contributed by atoms with Gasteiger partial charge in [-0.05, 0) is 44.3 Å². The lowest BCUT2D eigenvalue weighted by atomic mass is 10.0. The van der Waals surface area contributed by atoms with Crippen LogP contribution in [0.2, 0.25) is 0 Å². The highest BCUT2D eigenvalue weighted by Gasteiger charge is 2.27. The second-order valence-corrected chi connectivity index (χ2v) is 9.70. The van der Waals surface area contributed by atoms with Crippen LogP contribution in [0.3, 0.4) is 0 Å². The molecule has 0 radical (unpaired) electrons. The van der Waals surface area contributed by atoms with E-state index in [0.717, 1.165) is 19.4 Å². The zero-order valence-electron chi connectivity index (χ0n) is 15.9. The predicted octanol–water partition coefficient (Wildman–Crippen LogP) is 2.62. The highest BCUT2D eigenvalue weighted by atomic mass is 32.2. The lowest BCUT2D eigenvalue weighted by molar-refractivity contribution is 0.188. The van der Waals surface area contributed by atoms with Crippen molar-refractivity contribution in [3.05, 3.63) is 35.9 Å². The van der Waals surface area contributed by atoms with Gasteiger partial charge in [-0.1, -0.05) is 43.2 Å². The van der Waals surface area contributed by atoms with Crippen molar-refractivity contribution < 1.29 is 8.42 Å². The lowest BCUT2D eigenvalue weighted by Crippen LogP contribution is -2.47. The predicted molar refractivity (Wildman–Crippen MR) is 107 cm³/mol. The third-order valence-corrected chi connectivity index (χ3v) is 7.09. The maximum atomic E-state index is 11.7. The fourth-order valence-electron chi connectivity index (χ4n) is 4.21. The average molecular weight is 380 g/mol. The molecule has 2 aliphatic rings. The van der Waals surface area contributed by atoms with E-state index in [1.165, 1.54) is 50.6 Å². The first-order chi connectivity index (χ1) is 12.5. The Morgan fingerprint density at radius 3 is 2.19 bits per heavy atom.